The second-order valence-electron chi connectivity index (χ2n) is 7.06. The molecule has 0 spiro atoms. The second kappa shape index (κ2) is 9.01. The molecule has 33 heavy (non-hydrogen) atoms. The van der Waals surface area contributed by atoms with E-state index in [1.165, 1.54) is 30.3 Å². The van der Waals surface area contributed by atoms with E-state index in [0.29, 0.717) is 27.2 Å². The number of aliphatic hydroxyl groups is 1. The maximum absolute atomic E-state index is 13.0. The van der Waals surface area contributed by atoms with E-state index in [1.54, 1.807) is 30.3 Å². The van der Waals surface area contributed by atoms with Gasteiger partial charge >= 0.3 is 6.36 Å². The fraction of sp³-hybridized carbons (Fsp3) is 0.136. The van der Waals surface area contributed by atoms with Crippen molar-refractivity contribution >= 4 is 34.1 Å². The maximum Gasteiger partial charge on any atom is 0.573 e. The molecule has 1 N–H and O–H groups in total. The number of ether oxygens (including phenoxy) is 1. The lowest BCUT2D eigenvalue weighted by molar-refractivity contribution is -0.274. The molecular weight excluding hydrogens is 482 g/mol. The number of nitrogens with zero attached hydrogens (tertiary/aromatic N) is 3. The van der Waals surface area contributed by atoms with Crippen LogP contribution < -0.4 is 10.3 Å². The molecule has 3 aromatic carbocycles. The third-order valence-electron chi connectivity index (χ3n) is 4.81. The normalized spacial score (nSPS) is 12.7. The van der Waals surface area contributed by atoms with Gasteiger partial charge in [-0.25, -0.2) is 4.68 Å². The topological polar surface area (TPSA) is 77.2 Å². The molecule has 1 heterocycles. The highest BCUT2D eigenvalue weighted by molar-refractivity contribution is 6.35. The van der Waals surface area contributed by atoms with E-state index in [2.05, 4.69) is 15.0 Å². The molecule has 1 unspecified atom stereocenters. The number of halogens is 5. The Labute approximate surface area is 194 Å². The van der Waals surface area contributed by atoms with Crippen molar-refractivity contribution in [1.82, 2.24) is 15.0 Å². The number of aliphatic hydroxyl groups excluding tert-OH is 1. The minimum Gasteiger partial charge on any atom is -0.406 e. The van der Waals surface area contributed by atoms with Crippen molar-refractivity contribution in [3.63, 3.8) is 0 Å². The van der Waals surface area contributed by atoms with Crippen LogP contribution in [0.1, 0.15) is 11.7 Å². The first-order chi connectivity index (χ1) is 15.6. The fourth-order valence-electron chi connectivity index (χ4n) is 3.26. The summed E-state index contributed by atoms with van der Waals surface area (Å²) in [4.78, 5) is 13.0. The maximum atomic E-state index is 13.0. The predicted molar refractivity (Wildman–Crippen MR) is 117 cm³/mol. The largest absolute Gasteiger partial charge is 0.573 e. The molecule has 11 heteroatoms. The Morgan fingerprint density at radius 2 is 1.70 bits per heavy atom. The molecule has 0 saturated heterocycles. The molecular formula is C22H14Cl2F3N3O3. The number of fused-ring (bicyclic) bond motifs is 1. The average molecular weight is 496 g/mol. The van der Waals surface area contributed by atoms with Crippen molar-refractivity contribution in [1.29, 1.82) is 0 Å². The summed E-state index contributed by atoms with van der Waals surface area (Å²) >= 11 is 12.0. The van der Waals surface area contributed by atoms with Gasteiger partial charge in [0, 0.05) is 15.6 Å². The standard InChI is InChI=1S/C22H14Cl2F3N3O3/c23-14-4-7-16(18(24)10-14)20(31)11-30-21(32)17-9-13(3-8-19(17)28-29-30)12-1-5-15(6-2-12)33-22(25,26)27/h1-10,20,31H,11H2. The first-order valence-electron chi connectivity index (χ1n) is 9.47. The zero-order valence-electron chi connectivity index (χ0n) is 16.6. The smallest absolute Gasteiger partial charge is 0.406 e. The molecule has 1 atom stereocenters. The van der Waals surface area contributed by atoms with Crippen LogP contribution in [-0.4, -0.2) is 26.5 Å². The lowest BCUT2D eigenvalue weighted by Crippen LogP contribution is -2.27. The van der Waals surface area contributed by atoms with Gasteiger partial charge in [-0.05, 0) is 47.5 Å². The quantitative estimate of drug-likeness (QED) is 0.401. The lowest BCUT2D eigenvalue weighted by atomic mass is 10.0. The van der Waals surface area contributed by atoms with Gasteiger partial charge in [0.15, 0.2) is 0 Å². The van der Waals surface area contributed by atoms with Gasteiger partial charge in [0.25, 0.3) is 5.56 Å². The summed E-state index contributed by atoms with van der Waals surface area (Å²) in [6.45, 7) is -0.198. The van der Waals surface area contributed by atoms with E-state index in [9.17, 15) is 23.1 Å². The van der Waals surface area contributed by atoms with Gasteiger partial charge in [-0.1, -0.05) is 52.7 Å². The summed E-state index contributed by atoms with van der Waals surface area (Å²) in [5, 5.41) is 19.3. The van der Waals surface area contributed by atoms with E-state index in [0.717, 1.165) is 4.68 Å². The van der Waals surface area contributed by atoms with E-state index in [1.807, 2.05) is 0 Å². The summed E-state index contributed by atoms with van der Waals surface area (Å²) in [5.74, 6) is -0.352. The van der Waals surface area contributed by atoms with Gasteiger partial charge in [-0.15, -0.1) is 18.3 Å². The minimum absolute atomic E-state index is 0.198. The summed E-state index contributed by atoms with van der Waals surface area (Å²) in [6, 6.07) is 14.7. The summed E-state index contributed by atoms with van der Waals surface area (Å²) < 4.78 is 42.0. The lowest BCUT2D eigenvalue weighted by Gasteiger charge is -2.14. The molecule has 0 aliphatic rings. The van der Waals surface area contributed by atoms with Crippen molar-refractivity contribution in [2.75, 3.05) is 0 Å². The van der Waals surface area contributed by atoms with Crippen LogP contribution in [-0.2, 0) is 6.54 Å². The molecule has 0 radical (unpaired) electrons. The molecule has 0 aliphatic heterocycles. The molecule has 0 saturated carbocycles. The molecule has 1 aromatic heterocycles. The van der Waals surface area contributed by atoms with Crippen LogP contribution in [0.3, 0.4) is 0 Å². The number of hydrogen-bond acceptors (Lipinski definition) is 5. The van der Waals surface area contributed by atoms with Crippen LogP contribution >= 0.6 is 23.2 Å². The highest BCUT2D eigenvalue weighted by atomic mass is 35.5. The van der Waals surface area contributed by atoms with Gasteiger partial charge < -0.3 is 9.84 Å². The Balaban J connectivity index is 1.64. The number of aromatic nitrogens is 3. The van der Waals surface area contributed by atoms with Crippen molar-refractivity contribution in [3.05, 3.63) is 86.6 Å². The number of benzene rings is 3. The Hall–Kier alpha value is -3.14. The Bertz CT molecular complexity index is 1380. The number of alkyl halides is 3. The molecule has 4 rings (SSSR count). The predicted octanol–water partition coefficient (Wildman–Crippen LogP) is 5.40. The van der Waals surface area contributed by atoms with E-state index in [-0.39, 0.29) is 22.7 Å². The highest BCUT2D eigenvalue weighted by Gasteiger charge is 2.31. The minimum atomic E-state index is -4.78. The van der Waals surface area contributed by atoms with Gasteiger partial charge in [0.1, 0.15) is 17.4 Å². The van der Waals surface area contributed by atoms with Crippen LogP contribution in [0.4, 0.5) is 13.2 Å². The Kier molecular flexibility index (Phi) is 6.29. The zero-order chi connectivity index (χ0) is 23.8. The molecule has 0 amide bonds. The van der Waals surface area contributed by atoms with E-state index in [4.69, 9.17) is 23.2 Å². The van der Waals surface area contributed by atoms with Gasteiger partial charge in [0.05, 0.1) is 11.9 Å². The van der Waals surface area contributed by atoms with Crippen LogP contribution in [0.5, 0.6) is 5.75 Å². The monoisotopic (exact) mass is 495 g/mol. The van der Waals surface area contributed by atoms with Crippen LogP contribution in [0.2, 0.25) is 10.0 Å². The van der Waals surface area contributed by atoms with Gasteiger partial charge in [-0.2, -0.15) is 0 Å². The molecule has 170 valence electrons. The van der Waals surface area contributed by atoms with Gasteiger partial charge in [-0.3, -0.25) is 4.79 Å². The van der Waals surface area contributed by atoms with Crippen molar-refractivity contribution in [2.24, 2.45) is 0 Å². The zero-order valence-corrected chi connectivity index (χ0v) is 18.1. The average Bonchev–Trinajstić information content (AvgIpc) is 2.75. The van der Waals surface area contributed by atoms with Gasteiger partial charge in [0.2, 0.25) is 0 Å². The first-order valence-corrected chi connectivity index (χ1v) is 10.2. The SMILES string of the molecule is O=c1c2cc(-c3ccc(OC(F)(F)F)cc3)ccc2nnn1CC(O)c1ccc(Cl)cc1Cl. The second-order valence-corrected chi connectivity index (χ2v) is 7.91. The third kappa shape index (κ3) is 5.27. The number of rotatable bonds is 5. The summed E-state index contributed by atoms with van der Waals surface area (Å²) in [5.41, 5.74) is 1.37. The fourth-order valence-corrected chi connectivity index (χ4v) is 3.79. The Morgan fingerprint density at radius 3 is 2.36 bits per heavy atom. The molecule has 0 aliphatic carbocycles. The van der Waals surface area contributed by atoms with Crippen molar-refractivity contribution in [2.45, 2.75) is 19.0 Å². The van der Waals surface area contributed by atoms with Crippen molar-refractivity contribution in [3.8, 4) is 16.9 Å². The molecule has 0 bridgehead atoms. The van der Waals surface area contributed by atoms with Crippen molar-refractivity contribution < 1.29 is 23.0 Å². The van der Waals surface area contributed by atoms with E-state index >= 15 is 0 Å². The third-order valence-corrected chi connectivity index (χ3v) is 5.37. The highest BCUT2D eigenvalue weighted by Crippen LogP contribution is 2.29. The summed E-state index contributed by atoms with van der Waals surface area (Å²) in [6.07, 6.45) is -5.92. The number of hydrogen-bond donors (Lipinski definition) is 1. The van der Waals surface area contributed by atoms with Crippen LogP contribution in [0.15, 0.2) is 65.5 Å². The van der Waals surface area contributed by atoms with Crippen LogP contribution in [0.25, 0.3) is 22.0 Å². The molecule has 6 nitrogen and oxygen atoms in total. The molecule has 0 fully saturated rings. The molecule has 4 aromatic rings. The first kappa shape index (κ1) is 23.0. The van der Waals surface area contributed by atoms with Crippen LogP contribution in [0, 0.1) is 0 Å². The van der Waals surface area contributed by atoms with E-state index < -0.39 is 18.0 Å². The Morgan fingerprint density at radius 1 is 1.00 bits per heavy atom. The summed E-state index contributed by atoms with van der Waals surface area (Å²) in [7, 11) is 0.